The SMILES string of the molecule is CC(C)c1nc(-c2cccnc2SCC(=O)N2CCN(C)CC2)no1. The summed E-state index contributed by atoms with van der Waals surface area (Å²) in [4.78, 5) is 25.4. The maximum Gasteiger partial charge on any atom is 0.233 e. The van der Waals surface area contributed by atoms with Crippen LogP contribution < -0.4 is 0 Å². The highest BCUT2D eigenvalue weighted by Gasteiger charge is 2.21. The summed E-state index contributed by atoms with van der Waals surface area (Å²) in [5.74, 6) is 1.80. The minimum absolute atomic E-state index is 0.144. The van der Waals surface area contributed by atoms with Crippen LogP contribution in [0.5, 0.6) is 0 Å². The molecule has 8 heteroatoms. The Morgan fingerprint density at radius 1 is 1.32 bits per heavy atom. The zero-order chi connectivity index (χ0) is 17.8. The van der Waals surface area contributed by atoms with Crippen molar-refractivity contribution in [3.05, 3.63) is 24.2 Å². The number of carbonyl (C=O) groups excluding carboxylic acids is 1. The van der Waals surface area contributed by atoms with Crippen LogP contribution in [0.2, 0.25) is 0 Å². The summed E-state index contributed by atoms with van der Waals surface area (Å²) in [5, 5.41) is 4.80. The van der Waals surface area contributed by atoms with Crippen LogP contribution in [0.4, 0.5) is 0 Å². The van der Waals surface area contributed by atoms with Crippen molar-refractivity contribution in [1.82, 2.24) is 24.9 Å². The lowest BCUT2D eigenvalue weighted by Gasteiger charge is -2.32. The van der Waals surface area contributed by atoms with Crippen molar-refractivity contribution in [2.75, 3.05) is 39.0 Å². The third kappa shape index (κ3) is 4.38. The van der Waals surface area contributed by atoms with Crippen molar-refractivity contribution in [1.29, 1.82) is 0 Å². The molecule has 0 aliphatic carbocycles. The fourth-order valence-corrected chi connectivity index (χ4v) is 3.43. The van der Waals surface area contributed by atoms with E-state index in [1.165, 1.54) is 11.8 Å². The molecule has 0 radical (unpaired) electrons. The first-order valence-electron chi connectivity index (χ1n) is 8.42. The summed E-state index contributed by atoms with van der Waals surface area (Å²) in [5.41, 5.74) is 0.800. The summed E-state index contributed by atoms with van der Waals surface area (Å²) < 4.78 is 5.29. The predicted molar refractivity (Wildman–Crippen MR) is 96.4 cm³/mol. The molecule has 3 rings (SSSR count). The number of pyridine rings is 1. The van der Waals surface area contributed by atoms with Gasteiger partial charge in [0.05, 0.1) is 11.3 Å². The predicted octanol–water partition coefficient (Wildman–Crippen LogP) is 2.12. The Bertz CT molecular complexity index is 725. The molecule has 0 bridgehead atoms. The Balaban J connectivity index is 1.67. The first kappa shape index (κ1) is 17.9. The molecule has 2 aromatic heterocycles. The number of nitrogens with zero attached hydrogens (tertiary/aromatic N) is 5. The molecular formula is C17H23N5O2S. The topological polar surface area (TPSA) is 75.4 Å². The second-order valence-corrected chi connectivity index (χ2v) is 7.40. The number of aromatic nitrogens is 3. The van der Waals surface area contributed by atoms with E-state index in [9.17, 15) is 4.79 Å². The van der Waals surface area contributed by atoms with Gasteiger partial charge in [-0.15, -0.1) is 0 Å². The number of amides is 1. The van der Waals surface area contributed by atoms with Crippen LogP contribution in [-0.2, 0) is 4.79 Å². The van der Waals surface area contributed by atoms with Crippen molar-refractivity contribution in [3.63, 3.8) is 0 Å². The van der Waals surface area contributed by atoms with E-state index in [0.717, 1.165) is 36.8 Å². The molecule has 7 nitrogen and oxygen atoms in total. The lowest BCUT2D eigenvalue weighted by Crippen LogP contribution is -2.47. The third-order valence-electron chi connectivity index (χ3n) is 4.14. The fraction of sp³-hybridized carbons (Fsp3) is 0.529. The van der Waals surface area contributed by atoms with Gasteiger partial charge in [0.1, 0.15) is 5.03 Å². The number of rotatable bonds is 5. The van der Waals surface area contributed by atoms with E-state index in [0.29, 0.717) is 17.5 Å². The van der Waals surface area contributed by atoms with E-state index in [-0.39, 0.29) is 11.8 Å². The van der Waals surface area contributed by atoms with Gasteiger partial charge in [0.15, 0.2) is 0 Å². The van der Waals surface area contributed by atoms with Crippen LogP contribution in [0.1, 0.15) is 25.7 Å². The molecule has 0 saturated carbocycles. The van der Waals surface area contributed by atoms with E-state index >= 15 is 0 Å². The standard InChI is InChI=1S/C17H23N5O2S/c1-12(2)16-19-15(20-24-16)13-5-4-6-18-17(13)25-11-14(23)22-9-7-21(3)8-10-22/h4-6,12H,7-11H2,1-3H3. The van der Waals surface area contributed by atoms with Gasteiger partial charge in [0.25, 0.3) is 0 Å². The number of likely N-dealkylation sites (N-methyl/N-ethyl adjacent to an activating group) is 1. The molecule has 3 heterocycles. The Morgan fingerprint density at radius 2 is 2.08 bits per heavy atom. The average Bonchev–Trinajstić information content (AvgIpc) is 3.11. The highest BCUT2D eigenvalue weighted by molar-refractivity contribution is 8.00. The van der Waals surface area contributed by atoms with Gasteiger partial charge < -0.3 is 14.3 Å². The summed E-state index contributed by atoms with van der Waals surface area (Å²) in [6.45, 7) is 7.43. The Kier molecular flexibility index (Phi) is 5.70. The van der Waals surface area contributed by atoms with Gasteiger partial charge in [-0.05, 0) is 19.2 Å². The quantitative estimate of drug-likeness (QED) is 0.755. The molecule has 25 heavy (non-hydrogen) atoms. The number of hydrogen-bond acceptors (Lipinski definition) is 7. The number of hydrogen-bond donors (Lipinski definition) is 0. The second kappa shape index (κ2) is 7.97. The molecule has 1 aliphatic heterocycles. The van der Waals surface area contributed by atoms with Crippen LogP contribution >= 0.6 is 11.8 Å². The van der Waals surface area contributed by atoms with Gasteiger partial charge in [-0.25, -0.2) is 4.98 Å². The maximum atomic E-state index is 12.4. The van der Waals surface area contributed by atoms with E-state index < -0.39 is 0 Å². The normalized spacial score (nSPS) is 15.8. The van der Waals surface area contributed by atoms with Crippen LogP contribution in [0, 0.1) is 0 Å². The molecule has 0 aromatic carbocycles. The first-order valence-corrected chi connectivity index (χ1v) is 9.41. The number of thioether (sulfide) groups is 1. The van der Waals surface area contributed by atoms with Gasteiger partial charge in [0, 0.05) is 38.3 Å². The van der Waals surface area contributed by atoms with Crippen molar-refractivity contribution >= 4 is 17.7 Å². The minimum Gasteiger partial charge on any atom is -0.339 e. The summed E-state index contributed by atoms with van der Waals surface area (Å²) in [6, 6.07) is 3.75. The number of carbonyl (C=O) groups is 1. The molecule has 2 aromatic rings. The molecule has 0 N–H and O–H groups in total. The van der Waals surface area contributed by atoms with E-state index in [4.69, 9.17) is 4.52 Å². The molecule has 0 atom stereocenters. The van der Waals surface area contributed by atoms with Gasteiger partial charge in [0.2, 0.25) is 17.6 Å². The smallest absolute Gasteiger partial charge is 0.233 e. The average molecular weight is 361 g/mol. The van der Waals surface area contributed by atoms with E-state index in [1.54, 1.807) is 6.20 Å². The number of piperazine rings is 1. The van der Waals surface area contributed by atoms with Gasteiger partial charge in [-0.1, -0.05) is 30.8 Å². The lowest BCUT2D eigenvalue weighted by molar-refractivity contribution is -0.129. The molecule has 1 aliphatic rings. The largest absolute Gasteiger partial charge is 0.339 e. The molecule has 1 amide bonds. The highest BCUT2D eigenvalue weighted by atomic mass is 32.2. The monoisotopic (exact) mass is 361 g/mol. The summed E-state index contributed by atoms with van der Waals surface area (Å²) in [6.07, 6.45) is 1.72. The van der Waals surface area contributed by atoms with Gasteiger partial charge >= 0.3 is 0 Å². The maximum absolute atomic E-state index is 12.4. The molecular weight excluding hydrogens is 338 g/mol. The summed E-state index contributed by atoms with van der Waals surface area (Å²) >= 11 is 1.42. The fourth-order valence-electron chi connectivity index (χ4n) is 2.53. The minimum atomic E-state index is 0.144. The third-order valence-corrected chi connectivity index (χ3v) is 5.13. The van der Waals surface area contributed by atoms with Crippen LogP contribution in [0.3, 0.4) is 0 Å². The van der Waals surface area contributed by atoms with Crippen molar-refractivity contribution in [3.8, 4) is 11.4 Å². The zero-order valence-electron chi connectivity index (χ0n) is 14.8. The molecule has 0 spiro atoms. The van der Waals surface area contributed by atoms with Crippen LogP contribution in [-0.4, -0.2) is 69.8 Å². The van der Waals surface area contributed by atoms with Crippen molar-refractivity contribution in [2.45, 2.75) is 24.8 Å². The molecule has 134 valence electrons. The van der Waals surface area contributed by atoms with E-state index in [1.807, 2.05) is 30.9 Å². The first-order chi connectivity index (χ1) is 12.0. The van der Waals surface area contributed by atoms with Crippen molar-refractivity contribution < 1.29 is 9.32 Å². The van der Waals surface area contributed by atoms with E-state index in [2.05, 4.69) is 27.1 Å². The second-order valence-electron chi connectivity index (χ2n) is 6.44. The lowest BCUT2D eigenvalue weighted by atomic mass is 10.2. The molecule has 1 saturated heterocycles. The molecule has 1 fully saturated rings. The van der Waals surface area contributed by atoms with Crippen LogP contribution in [0.15, 0.2) is 27.9 Å². The Morgan fingerprint density at radius 3 is 2.76 bits per heavy atom. The highest BCUT2D eigenvalue weighted by Crippen LogP contribution is 2.28. The van der Waals surface area contributed by atoms with Gasteiger partial charge in [-0.3, -0.25) is 4.79 Å². The Hall–Kier alpha value is -1.93. The molecule has 0 unspecified atom stereocenters. The Labute approximate surface area is 151 Å². The van der Waals surface area contributed by atoms with Crippen molar-refractivity contribution in [2.24, 2.45) is 0 Å². The van der Waals surface area contributed by atoms with Gasteiger partial charge in [-0.2, -0.15) is 4.98 Å². The van der Waals surface area contributed by atoms with Crippen LogP contribution in [0.25, 0.3) is 11.4 Å². The summed E-state index contributed by atoms with van der Waals surface area (Å²) in [7, 11) is 2.08. The zero-order valence-corrected chi connectivity index (χ0v) is 15.6.